The minimum Gasteiger partial charge on any atom is -0.494 e. The van der Waals surface area contributed by atoms with Crippen molar-refractivity contribution in [3.05, 3.63) is 63.8 Å². The molecule has 1 aliphatic rings. The SMILES string of the molecule is Brc1ccc(OCCCc2cccc3[nH]c4c(c23)CCNCC4)cc1. The molecule has 25 heavy (non-hydrogen) atoms. The molecular weight excluding hydrogens is 376 g/mol. The van der Waals surface area contributed by atoms with E-state index in [9.17, 15) is 0 Å². The lowest BCUT2D eigenvalue weighted by atomic mass is 9.99. The molecule has 0 amide bonds. The van der Waals surface area contributed by atoms with Crippen LogP contribution in [0.1, 0.15) is 23.2 Å². The van der Waals surface area contributed by atoms with Crippen LogP contribution in [0.25, 0.3) is 10.9 Å². The highest BCUT2D eigenvalue weighted by molar-refractivity contribution is 9.10. The van der Waals surface area contributed by atoms with Gasteiger partial charge in [-0.3, -0.25) is 0 Å². The molecule has 2 heterocycles. The first-order chi connectivity index (χ1) is 12.3. The zero-order valence-corrected chi connectivity index (χ0v) is 15.9. The summed E-state index contributed by atoms with van der Waals surface area (Å²) >= 11 is 3.45. The predicted molar refractivity (Wildman–Crippen MR) is 107 cm³/mol. The Labute approximate surface area is 156 Å². The maximum Gasteiger partial charge on any atom is 0.119 e. The van der Waals surface area contributed by atoms with Crippen molar-refractivity contribution in [1.29, 1.82) is 0 Å². The first-order valence-corrected chi connectivity index (χ1v) is 9.81. The number of rotatable bonds is 5. The van der Waals surface area contributed by atoms with Gasteiger partial charge in [-0.25, -0.2) is 0 Å². The molecule has 0 spiro atoms. The number of nitrogens with one attached hydrogen (secondary N) is 2. The van der Waals surface area contributed by atoms with Crippen molar-refractivity contribution in [3.8, 4) is 5.75 Å². The number of H-pyrrole nitrogens is 1. The summed E-state index contributed by atoms with van der Waals surface area (Å²) in [5.41, 5.74) is 5.66. The van der Waals surface area contributed by atoms with E-state index in [-0.39, 0.29) is 0 Å². The van der Waals surface area contributed by atoms with Gasteiger partial charge in [-0.15, -0.1) is 0 Å². The molecule has 0 saturated heterocycles. The van der Waals surface area contributed by atoms with Gasteiger partial charge in [0.15, 0.2) is 0 Å². The average Bonchev–Trinajstić information content (AvgIpc) is 2.83. The number of hydrogen-bond acceptors (Lipinski definition) is 2. The lowest BCUT2D eigenvalue weighted by Gasteiger charge is -2.08. The molecule has 0 bridgehead atoms. The first kappa shape index (κ1) is 16.7. The number of aromatic nitrogens is 1. The predicted octanol–water partition coefficient (Wildman–Crippen LogP) is 4.63. The fraction of sp³-hybridized carbons (Fsp3) is 0.333. The number of benzene rings is 2. The van der Waals surface area contributed by atoms with Crippen molar-refractivity contribution in [2.24, 2.45) is 0 Å². The highest BCUT2D eigenvalue weighted by Gasteiger charge is 2.16. The van der Waals surface area contributed by atoms with Crippen molar-refractivity contribution in [3.63, 3.8) is 0 Å². The normalized spacial score (nSPS) is 14.3. The fourth-order valence-electron chi connectivity index (χ4n) is 3.68. The summed E-state index contributed by atoms with van der Waals surface area (Å²) in [4.78, 5) is 3.64. The molecule has 2 aromatic carbocycles. The molecule has 0 atom stereocenters. The van der Waals surface area contributed by atoms with Gasteiger partial charge in [-0.1, -0.05) is 28.1 Å². The van der Waals surface area contributed by atoms with E-state index in [0.717, 1.165) is 55.6 Å². The van der Waals surface area contributed by atoms with E-state index in [2.05, 4.69) is 44.4 Å². The Balaban J connectivity index is 1.46. The number of aryl methyl sites for hydroxylation is 1. The van der Waals surface area contributed by atoms with Gasteiger partial charge in [0.25, 0.3) is 0 Å². The number of halogens is 1. The maximum atomic E-state index is 5.87. The minimum absolute atomic E-state index is 0.742. The van der Waals surface area contributed by atoms with Crippen molar-refractivity contribution in [1.82, 2.24) is 10.3 Å². The Hall–Kier alpha value is -1.78. The van der Waals surface area contributed by atoms with Crippen LogP contribution in [0, 0.1) is 0 Å². The summed E-state index contributed by atoms with van der Waals surface area (Å²) in [6, 6.07) is 14.7. The maximum absolute atomic E-state index is 5.87. The van der Waals surface area contributed by atoms with Gasteiger partial charge in [0.1, 0.15) is 5.75 Å². The highest BCUT2D eigenvalue weighted by atomic mass is 79.9. The smallest absolute Gasteiger partial charge is 0.119 e. The highest BCUT2D eigenvalue weighted by Crippen LogP contribution is 2.28. The second-order valence-electron chi connectivity index (χ2n) is 6.58. The molecule has 130 valence electrons. The van der Waals surface area contributed by atoms with Crippen LogP contribution in [0.4, 0.5) is 0 Å². The van der Waals surface area contributed by atoms with Gasteiger partial charge in [0.05, 0.1) is 6.61 Å². The number of ether oxygens (including phenoxy) is 1. The molecular formula is C21H23BrN2O. The minimum atomic E-state index is 0.742. The topological polar surface area (TPSA) is 37.0 Å². The molecule has 3 nitrogen and oxygen atoms in total. The van der Waals surface area contributed by atoms with E-state index >= 15 is 0 Å². The van der Waals surface area contributed by atoms with Crippen molar-refractivity contribution in [2.75, 3.05) is 19.7 Å². The van der Waals surface area contributed by atoms with Crippen LogP contribution in [0.3, 0.4) is 0 Å². The van der Waals surface area contributed by atoms with E-state index in [1.807, 2.05) is 24.3 Å². The third-order valence-electron chi connectivity index (χ3n) is 4.88. The molecule has 3 aromatic rings. The Morgan fingerprint density at radius 1 is 1.00 bits per heavy atom. The van der Waals surface area contributed by atoms with Crippen LogP contribution in [0.15, 0.2) is 46.9 Å². The summed E-state index contributed by atoms with van der Waals surface area (Å²) in [6.07, 6.45) is 4.27. The largest absolute Gasteiger partial charge is 0.494 e. The summed E-state index contributed by atoms with van der Waals surface area (Å²) < 4.78 is 6.95. The van der Waals surface area contributed by atoms with Crippen LogP contribution >= 0.6 is 15.9 Å². The summed E-state index contributed by atoms with van der Waals surface area (Å²) in [5.74, 6) is 0.933. The molecule has 4 heteroatoms. The Bertz CT molecular complexity index is 854. The van der Waals surface area contributed by atoms with E-state index in [4.69, 9.17) is 4.74 Å². The number of aromatic amines is 1. The second-order valence-corrected chi connectivity index (χ2v) is 7.49. The van der Waals surface area contributed by atoms with Gasteiger partial charge in [-0.05, 0) is 67.3 Å². The van der Waals surface area contributed by atoms with Crippen LogP contribution in [0.2, 0.25) is 0 Å². The number of hydrogen-bond donors (Lipinski definition) is 2. The third kappa shape index (κ3) is 3.75. The second kappa shape index (κ2) is 7.63. The molecule has 4 rings (SSSR count). The lowest BCUT2D eigenvalue weighted by molar-refractivity contribution is 0.311. The first-order valence-electron chi connectivity index (χ1n) is 9.01. The van der Waals surface area contributed by atoms with Crippen LogP contribution < -0.4 is 10.1 Å². The standard InChI is InChI=1S/C21H23BrN2O/c22-16-6-8-17(9-7-16)25-14-2-4-15-3-1-5-20-21(15)18-10-12-23-13-11-19(18)24-20/h1,3,5-9,23-24H,2,4,10-14H2. The Morgan fingerprint density at radius 3 is 2.72 bits per heavy atom. The summed E-state index contributed by atoms with van der Waals surface area (Å²) in [5, 5.41) is 4.94. The molecule has 1 aliphatic heterocycles. The molecule has 0 fully saturated rings. The third-order valence-corrected chi connectivity index (χ3v) is 5.41. The lowest BCUT2D eigenvalue weighted by Crippen LogP contribution is -2.16. The summed E-state index contributed by atoms with van der Waals surface area (Å²) in [6.45, 7) is 2.88. The average molecular weight is 399 g/mol. The van der Waals surface area contributed by atoms with Gasteiger partial charge < -0.3 is 15.0 Å². The summed E-state index contributed by atoms with van der Waals surface area (Å²) in [7, 11) is 0. The van der Waals surface area contributed by atoms with E-state index < -0.39 is 0 Å². The fourth-order valence-corrected chi connectivity index (χ4v) is 3.95. The van der Waals surface area contributed by atoms with Gasteiger partial charge in [-0.2, -0.15) is 0 Å². The van der Waals surface area contributed by atoms with Crippen molar-refractivity contribution in [2.45, 2.75) is 25.7 Å². The monoisotopic (exact) mass is 398 g/mol. The Morgan fingerprint density at radius 2 is 1.84 bits per heavy atom. The van der Waals surface area contributed by atoms with Gasteiger partial charge in [0.2, 0.25) is 0 Å². The van der Waals surface area contributed by atoms with Crippen LogP contribution in [-0.2, 0) is 19.3 Å². The zero-order valence-electron chi connectivity index (χ0n) is 14.3. The quantitative estimate of drug-likeness (QED) is 0.614. The molecule has 0 radical (unpaired) electrons. The Kier molecular flexibility index (Phi) is 5.09. The van der Waals surface area contributed by atoms with E-state index in [1.54, 1.807) is 0 Å². The van der Waals surface area contributed by atoms with Crippen molar-refractivity contribution < 1.29 is 4.74 Å². The van der Waals surface area contributed by atoms with E-state index in [1.165, 1.54) is 27.7 Å². The van der Waals surface area contributed by atoms with Crippen LogP contribution in [0.5, 0.6) is 5.75 Å². The van der Waals surface area contributed by atoms with Crippen LogP contribution in [-0.4, -0.2) is 24.7 Å². The van der Waals surface area contributed by atoms with Gasteiger partial charge in [0, 0.05) is 34.0 Å². The molecule has 2 N–H and O–H groups in total. The molecule has 0 unspecified atom stereocenters. The van der Waals surface area contributed by atoms with Gasteiger partial charge >= 0.3 is 0 Å². The van der Waals surface area contributed by atoms with Crippen molar-refractivity contribution >= 4 is 26.8 Å². The zero-order chi connectivity index (χ0) is 17.1. The molecule has 1 aromatic heterocycles. The molecule has 0 saturated carbocycles. The number of fused-ring (bicyclic) bond motifs is 3. The van der Waals surface area contributed by atoms with E-state index in [0.29, 0.717) is 0 Å². The molecule has 0 aliphatic carbocycles.